The van der Waals surface area contributed by atoms with Crippen molar-refractivity contribution < 1.29 is 27.9 Å². The number of piperazine rings is 1. The Kier molecular flexibility index (Phi) is 9.01. The summed E-state index contributed by atoms with van der Waals surface area (Å²) < 4.78 is 44.1. The predicted molar refractivity (Wildman–Crippen MR) is 188 cm³/mol. The number of carbonyl (C=O) groups is 2. The third-order valence-electron chi connectivity index (χ3n) is 9.00. The maximum absolute atomic E-state index is 14.3. The minimum Gasteiger partial charge on any atom is -0.504 e. The molecule has 4 aromatic heterocycles. The van der Waals surface area contributed by atoms with Gasteiger partial charge in [-0.05, 0) is 37.6 Å². The molecule has 1 aliphatic heterocycles. The number of aromatic hydroxyl groups is 1. The molecule has 2 amide bonds. The van der Waals surface area contributed by atoms with E-state index in [-0.39, 0.29) is 77.7 Å². The third-order valence-corrected chi connectivity index (χ3v) is 9.32. The maximum atomic E-state index is 14.3. The molecule has 2 aromatic carbocycles. The SMILES string of the molecule is CCc1c(N2CCN(C(=O)c3ncnc(C)c3O)CC2)c(=O)n2nc(-c3ccc4cn(C)nc4c3)nc2n1CC(=O)Nc1ccc(C(F)(F)F)cc1Cl. The summed E-state index contributed by atoms with van der Waals surface area (Å²) >= 11 is 6.14. The van der Waals surface area contributed by atoms with Crippen LogP contribution in [0.15, 0.2) is 53.7 Å². The molecular weight excluding hydrogens is 719 g/mol. The van der Waals surface area contributed by atoms with E-state index in [0.717, 1.165) is 28.1 Å². The monoisotopic (exact) mass is 749 g/mol. The number of fused-ring (bicyclic) bond motifs is 2. The Bertz CT molecular complexity index is 2490. The normalized spacial score (nSPS) is 13.6. The molecule has 53 heavy (non-hydrogen) atoms. The van der Waals surface area contributed by atoms with Crippen molar-refractivity contribution in [2.24, 2.45) is 7.05 Å². The molecule has 15 nitrogen and oxygen atoms in total. The van der Waals surface area contributed by atoms with Crippen LogP contribution in [0.4, 0.5) is 24.5 Å². The Morgan fingerprint density at radius 3 is 2.49 bits per heavy atom. The lowest BCUT2D eigenvalue weighted by Gasteiger charge is -2.36. The fraction of sp³-hybridized carbons (Fsp3) is 0.294. The number of rotatable bonds is 7. The van der Waals surface area contributed by atoms with Gasteiger partial charge in [-0.15, -0.1) is 5.10 Å². The van der Waals surface area contributed by atoms with Gasteiger partial charge in [0.2, 0.25) is 11.7 Å². The van der Waals surface area contributed by atoms with E-state index in [9.17, 15) is 32.7 Å². The van der Waals surface area contributed by atoms with Crippen LogP contribution in [0.5, 0.6) is 5.75 Å². The Balaban J connectivity index is 1.27. The van der Waals surface area contributed by atoms with Crippen LogP contribution in [0, 0.1) is 6.92 Å². The highest BCUT2D eigenvalue weighted by Gasteiger charge is 2.32. The largest absolute Gasteiger partial charge is 0.504 e. The van der Waals surface area contributed by atoms with E-state index in [1.165, 1.54) is 11.2 Å². The topological polar surface area (TPSA) is 169 Å². The smallest absolute Gasteiger partial charge is 0.416 e. The highest BCUT2D eigenvalue weighted by atomic mass is 35.5. The molecule has 1 fully saturated rings. The van der Waals surface area contributed by atoms with Crippen molar-refractivity contribution in [3.8, 4) is 17.1 Å². The van der Waals surface area contributed by atoms with Crippen molar-refractivity contribution >= 4 is 51.5 Å². The lowest BCUT2D eigenvalue weighted by atomic mass is 10.1. The molecule has 0 radical (unpaired) electrons. The van der Waals surface area contributed by atoms with Gasteiger partial charge in [-0.1, -0.05) is 30.7 Å². The van der Waals surface area contributed by atoms with Gasteiger partial charge in [0.05, 0.1) is 33.2 Å². The average Bonchev–Trinajstić information content (AvgIpc) is 3.74. The summed E-state index contributed by atoms with van der Waals surface area (Å²) in [4.78, 5) is 57.1. The molecule has 1 aliphatic rings. The fourth-order valence-electron chi connectivity index (χ4n) is 6.36. The molecular formula is C34H31ClF3N11O4. The molecule has 274 valence electrons. The summed E-state index contributed by atoms with van der Waals surface area (Å²) in [5.74, 6) is -1.18. The molecule has 0 aliphatic carbocycles. The van der Waals surface area contributed by atoms with Crippen LogP contribution in [-0.4, -0.2) is 86.9 Å². The Morgan fingerprint density at radius 2 is 1.79 bits per heavy atom. The second-order valence-corrected chi connectivity index (χ2v) is 12.8. The standard InChI is InChI=1S/C34H31ClF3N11O4/c1-4-25-28(46-9-11-47(12-10-46)31(52)27-29(51)18(2)39-17-40-27)32(53)49-33(42-30(44-49)19-5-6-20-15-45(3)43-24(20)13-19)48(25)16-26(50)41-23-8-7-21(14-22(23)35)34(36,37)38/h5-8,13-15,17,51H,4,9-12,16H2,1-3H3,(H,41,50). The maximum Gasteiger partial charge on any atom is 0.416 e. The highest BCUT2D eigenvalue weighted by molar-refractivity contribution is 6.33. The van der Waals surface area contributed by atoms with Crippen LogP contribution >= 0.6 is 11.6 Å². The number of amides is 2. The Labute approximate surface area is 303 Å². The van der Waals surface area contributed by atoms with Crippen LogP contribution in [0.3, 0.4) is 0 Å². The Morgan fingerprint density at radius 1 is 1.04 bits per heavy atom. The zero-order valence-corrected chi connectivity index (χ0v) is 29.3. The number of aryl methyl sites for hydroxylation is 2. The molecule has 2 N–H and O–H groups in total. The molecule has 0 atom stereocenters. The van der Waals surface area contributed by atoms with Gasteiger partial charge in [0.15, 0.2) is 17.3 Å². The molecule has 1 saturated heterocycles. The molecule has 5 heterocycles. The van der Waals surface area contributed by atoms with Gasteiger partial charge in [0.25, 0.3) is 11.5 Å². The van der Waals surface area contributed by atoms with Gasteiger partial charge >= 0.3 is 6.18 Å². The molecule has 0 unspecified atom stereocenters. The van der Waals surface area contributed by atoms with E-state index in [0.29, 0.717) is 16.8 Å². The summed E-state index contributed by atoms with van der Waals surface area (Å²) in [7, 11) is 1.79. The number of halogens is 4. The average molecular weight is 750 g/mol. The third kappa shape index (κ3) is 6.61. The van der Waals surface area contributed by atoms with E-state index < -0.39 is 35.7 Å². The molecule has 0 bridgehead atoms. The van der Waals surface area contributed by atoms with Gasteiger partial charge in [0.1, 0.15) is 18.6 Å². The lowest BCUT2D eigenvalue weighted by molar-refractivity contribution is -0.137. The van der Waals surface area contributed by atoms with Crippen LogP contribution < -0.4 is 15.8 Å². The number of hydrogen-bond donors (Lipinski definition) is 2. The minimum atomic E-state index is -4.62. The second kappa shape index (κ2) is 13.5. The van der Waals surface area contributed by atoms with E-state index in [2.05, 4.69) is 25.5 Å². The summed E-state index contributed by atoms with van der Waals surface area (Å²) in [5.41, 5.74) is 0.580. The molecule has 0 spiro atoms. The van der Waals surface area contributed by atoms with Crippen LogP contribution in [0.2, 0.25) is 5.02 Å². The number of nitrogens with zero attached hydrogens (tertiary/aromatic N) is 10. The molecule has 0 saturated carbocycles. The number of benzene rings is 2. The van der Waals surface area contributed by atoms with Crippen molar-refractivity contribution in [3.63, 3.8) is 0 Å². The van der Waals surface area contributed by atoms with Crippen LogP contribution in [0.1, 0.15) is 34.4 Å². The first-order valence-corrected chi connectivity index (χ1v) is 16.8. The van der Waals surface area contributed by atoms with E-state index >= 15 is 0 Å². The number of alkyl halides is 3. The van der Waals surface area contributed by atoms with Crippen molar-refractivity contribution in [3.05, 3.63) is 86.9 Å². The quantitative estimate of drug-likeness (QED) is 0.243. The summed E-state index contributed by atoms with van der Waals surface area (Å²) in [6, 6.07) is 8.04. The summed E-state index contributed by atoms with van der Waals surface area (Å²) in [6.07, 6.45) is -1.30. The number of anilines is 2. The molecule has 19 heteroatoms. The number of carbonyl (C=O) groups excluding carboxylic acids is 2. The highest BCUT2D eigenvalue weighted by Crippen LogP contribution is 2.34. The zero-order chi connectivity index (χ0) is 37.8. The van der Waals surface area contributed by atoms with Gasteiger partial charge in [-0.3, -0.25) is 19.1 Å². The number of aromatic nitrogens is 8. The van der Waals surface area contributed by atoms with Crippen molar-refractivity contribution in [2.45, 2.75) is 33.0 Å². The first kappa shape index (κ1) is 35.4. The zero-order valence-electron chi connectivity index (χ0n) is 28.5. The van der Waals surface area contributed by atoms with Crippen LogP contribution in [-0.2, 0) is 31.0 Å². The van der Waals surface area contributed by atoms with E-state index in [1.54, 1.807) is 40.3 Å². The predicted octanol–water partition coefficient (Wildman–Crippen LogP) is 4.08. The van der Waals surface area contributed by atoms with Crippen molar-refractivity contribution in [1.82, 2.24) is 43.8 Å². The van der Waals surface area contributed by atoms with E-state index in [1.807, 2.05) is 19.2 Å². The van der Waals surface area contributed by atoms with Crippen LogP contribution in [0.25, 0.3) is 28.1 Å². The fourth-order valence-corrected chi connectivity index (χ4v) is 6.59. The van der Waals surface area contributed by atoms with Crippen molar-refractivity contribution in [2.75, 3.05) is 36.4 Å². The number of nitrogens with one attached hydrogen (secondary N) is 1. The second-order valence-electron chi connectivity index (χ2n) is 12.4. The minimum absolute atomic E-state index is 0.0310. The molecule has 7 rings (SSSR count). The summed E-state index contributed by atoms with van der Waals surface area (Å²) in [6.45, 7) is 3.76. The lowest BCUT2D eigenvalue weighted by Crippen LogP contribution is -2.51. The first-order chi connectivity index (χ1) is 25.2. The van der Waals surface area contributed by atoms with Gasteiger partial charge in [-0.2, -0.15) is 27.8 Å². The van der Waals surface area contributed by atoms with Gasteiger partial charge in [-0.25, -0.2) is 9.97 Å². The van der Waals surface area contributed by atoms with Gasteiger partial charge in [0, 0.05) is 50.4 Å². The van der Waals surface area contributed by atoms with E-state index in [4.69, 9.17) is 16.6 Å². The molecule has 6 aromatic rings. The Hall–Kier alpha value is -6.04. The summed E-state index contributed by atoms with van der Waals surface area (Å²) in [5, 5.41) is 22.6. The van der Waals surface area contributed by atoms with Crippen molar-refractivity contribution in [1.29, 1.82) is 0 Å². The van der Waals surface area contributed by atoms with Gasteiger partial charge < -0.3 is 24.8 Å². The number of hydrogen-bond acceptors (Lipinski definition) is 10. The first-order valence-electron chi connectivity index (χ1n) is 16.4.